The maximum atomic E-state index is 12.2. The number of thiazole rings is 1. The summed E-state index contributed by atoms with van der Waals surface area (Å²) in [5.74, 6) is 0.672. The molecule has 136 valence electrons. The highest BCUT2D eigenvalue weighted by molar-refractivity contribution is 7.18. The van der Waals surface area contributed by atoms with E-state index in [9.17, 15) is 13.2 Å². The summed E-state index contributed by atoms with van der Waals surface area (Å²) in [6.45, 7) is 8.43. The fourth-order valence-electron chi connectivity index (χ4n) is 2.44. The second kappa shape index (κ2) is 6.25. The summed E-state index contributed by atoms with van der Waals surface area (Å²) < 4.78 is 48.8. The molecule has 1 aliphatic heterocycles. The molecule has 2 heterocycles. The van der Waals surface area contributed by atoms with Crippen LogP contribution in [0, 0.1) is 0 Å². The van der Waals surface area contributed by atoms with E-state index in [1.165, 1.54) is 12.8 Å². The summed E-state index contributed by atoms with van der Waals surface area (Å²) in [5, 5.41) is -0.784. The highest BCUT2D eigenvalue weighted by Crippen LogP contribution is 2.48. The van der Waals surface area contributed by atoms with Crippen LogP contribution in [0.2, 0.25) is 5.82 Å². The molecular formula is C17H21BF3NO2S. The Morgan fingerprint density at radius 2 is 1.64 bits per heavy atom. The summed E-state index contributed by atoms with van der Waals surface area (Å²) >= 11 is 0.668. The Balaban J connectivity index is 0.000000146. The van der Waals surface area contributed by atoms with Crippen molar-refractivity contribution in [2.75, 3.05) is 0 Å². The summed E-state index contributed by atoms with van der Waals surface area (Å²) in [6, 6.07) is 6.56. The van der Waals surface area contributed by atoms with E-state index in [1.54, 1.807) is 24.3 Å². The average Bonchev–Trinajstić information content (AvgIpc) is 3.18. The first-order valence-electron chi connectivity index (χ1n) is 8.28. The molecule has 25 heavy (non-hydrogen) atoms. The SMILES string of the molecule is CC1(C)OB(C2CC2)OC1(C)C.FC(F)(F)c1nc2ccccc2s1. The van der Waals surface area contributed by atoms with Gasteiger partial charge in [-0.25, -0.2) is 4.98 Å². The molecule has 1 saturated carbocycles. The lowest BCUT2D eigenvalue weighted by atomic mass is 9.82. The van der Waals surface area contributed by atoms with E-state index in [4.69, 9.17) is 9.31 Å². The van der Waals surface area contributed by atoms with Crippen LogP contribution in [-0.2, 0) is 15.5 Å². The summed E-state index contributed by atoms with van der Waals surface area (Å²) in [6.07, 6.45) is -1.78. The highest BCUT2D eigenvalue weighted by atomic mass is 32.1. The molecule has 0 N–H and O–H groups in total. The van der Waals surface area contributed by atoms with Crippen molar-refractivity contribution in [3.63, 3.8) is 0 Å². The van der Waals surface area contributed by atoms with E-state index in [1.807, 2.05) is 0 Å². The fraction of sp³-hybridized carbons (Fsp3) is 0.588. The van der Waals surface area contributed by atoms with Crippen molar-refractivity contribution in [2.24, 2.45) is 0 Å². The first-order chi connectivity index (χ1) is 11.5. The van der Waals surface area contributed by atoms with E-state index >= 15 is 0 Å². The van der Waals surface area contributed by atoms with Crippen LogP contribution in [0.4, 0.5) is 13.2 Å². The van der Waals surface area contributed by atoms with Crippen molar-refractivity contribution in [3.05, 3.63) is 29.3 Å². The number of fused-ring (bicyclic) bond motifs is 1. The predicted octanol–water partition coefficient (Wildman–Crippen LogP) is 5.56. The normalized spacial score (nSPS) is 22.0. The molecule has 0 amide bonds. The lowest BCUT2D eigenvalue weighted by molar-refractivity contribution is -0.137. The van der Waals surface area contributed by atoms with Gasteiger partial charge in [0, 0.05) is 0 Å². The van der Waals surface area contributed by atoms with Gasteiger partial charge in [-0.1, -0.05) is 25.0 Å². The zero-order valence-electron chi connectivity index (χ0n) is 14.7. The summed E-state index contributed by atoms with van der Waals surface area (Å²) in [7, 11) is 0.0648. The Morgan fingerprint density at radius 3 is 2.12 bits per heavy atom. The minimum absolute atomic E-state index is 0.0648. The number of hydrogen-bond donors (Lipinski definition) is 0. The van der Waals surface area contributed by atoms with Crippen LogP contribution in [0.5, 0.6) is 0 Å². The number of rotatable bonds is 1. The molecule has 0 spiro atoms. The van der Waals surface area contributed by atoms with Gasteiger partial charge in [-0.15, -0.1) is 11.3 Å². The van der Waals surface area contributed by atoms with E-state index < -0.39 is 11.2 Å². The van der Waals surface area contributed by atoms with Crippen molar-refractivity contribution in [3.8, 4) is 0 Å². The van der Waals surface area contributed by atoms with Crippen molar-refractivity contribution in [1.29, 1.82) is 0 Å². The molecule has 2 aromatic rings. The van der Waals surface area contributed by atoms with Crippen LogP contribution >= 0.6 is 11.3 Å². The van der Waals surface area contributed by atoms with Crippen LogP contribution in [0.1, 0.15) is 45.5 Å². The van der Waals surface area contributed by atoms with Crippen LogP contribution in [-0.4, -0.2) is 23.3 Å². The maximum Gasteiger partial charge on any atom is 0.461 e. The minimum Gasteiger partial charge on any atom is -0.403 e. The van der Waals surface area contributed by atoms with Gasteiger partial charge in [0.15, 0.2) is 5.01 Å². The average molecular weight is 371 g/mol. The summed E-state index contributed by atoms with van der Waals surface area (Å²) in [4.78, 5) is 3.48. The van der Waals surface area contributed by atoms with Gasteiger partial charge in [-0.3, -0.25) is 0 Å². The van der Waals surface area contributed by atoms with Gasteiger partial charge in [0.25, 0.3) is 0 Å². The Morgan fingerprint density at radius 1 is 1.08 bits per heavy atom. The Hall–Kier alpha value is -1.12. The second-order valence-corrected chi connectivity index (χ2v) is 8.48. The first kappa shape index (κ1) is 18.7. The second-order valence-electron chi connectivity index (χ2n) is 7.45. The van der Waals surface area contributed by atoms with Gasteiger partial charge in [0.1, 0.15) is 0 Å². The molecule has 0 bridgehead atoms. The van der Waals surface area contributed by atoms with Gasteiger partial charge in [-0.05, 0) is 45.6 Å². The van der Waals surface area contributed by atoms with Crippen molar-refractivity contribution in [1.82, 2.24) is 4.98 Å². The fourth-order valence-corrected chi connectivity index (χ4v) is 3.28. The van der Waals surface area contributed by atoms with E-state index in [-0.39, 0.29) is 18.3 Å². The smallest absolute Gasteiger partial charge is 0.403 e. The number of alkyl halides is 3. The number of hydrogen-bond acceptors (Lipinski definition) is 4. The monoisotopic (exact) mass is 371 g/mol. The first-order valence-corrected chi connectivity index (χ1v) is 9.10. The molecule has 0 unspecified atom stereocenters. The number of aromatic nitrogens is 1. The number of nitrogens with zero attached hydrogens (tertiary/aromatic N) is 1. The highest BCUT2D eigenvalue weighted by Gasteiger charge is 2.55. The van der Waals surface area contributed by atoms with Crippen LogP contribution in [0.3, 0.4) is 0 Å². The van der Waals surface area contributed by atoms with Crippen molar-refractivity contribution >= 4 is 28.7 Å². The van der Waals surface area contributed by atoms with E-state index in [0.29, 0.717) is 27.4 Å². The topological polar surface area (TPSA) is 31.4 Å². The molecule has 3 nitrogen and oxygen atoms in total. The summed E-state index contributed by atoms with van der Waals surface area (Å²) in [5.41, 5.74) is 0.125. The molecule has 1 aliphatic carbocycles. The zero-order valence-corrected chi connectivity index (χ0v) is 15.5. The lowest BCUT2D eigenvalue weighted by Gasteiger charge is -2.32. The molecule has 2 fully saturated rings. The Labute approximate surface area is 149 Å². The van der Waals surface area contributed by atoms with Gasteiger partial charge in [0.2, 0.25) is 0 Å². The van der Waals surface area contributed by atoms with E-state index in [0.717, 1.165) is 0 Å². The molecule has 8 heteroatoms. The molecule has 1 aromatic heterocycles. The molecule has 1 aromatic carbocycles. The van der Waals surface area contributed by atoms with Crippen LogP contribution in [0.25, 0.3) is 10.2 Å². The van der Waals surface area contributed by atoms with Crippen molar-refractivity contribution < 1.29 is 22.5 Å². The minimum atomic E-state index is -4.33. The van der Waals surface area contributed by atoms with Gasteiger partial charge in [0.05, 0.1) is 21.4 Å². The number of halogens is 3. The molecule has 1 saturated heterocycles. The molecule has 2 aliphatic rings. The largest absolute Gasteiger partial charge is 0.461 e. The van der Waals surface area contributed by atoms with Crippen molar-refractivity contribution in [2.45, 2.75) is 63.7 Å². The van der Waals surface area contributed by atoms with Crippen LogP contribution < -0.4 is 0 Å². The van der Waals surface area contributed by atoms with Gasteiger partial charge >= 0.3 is 13.3 Å². The molecule has 4 rings (SSSR count). The Bertz CT molecular complexity index is 707. The third-order valence-corrected chi connectivity index (χ3v) is 5.90. The molecule has 0 atom stereocenters. The quantitative estimate of drug-likeness (QED) is 0.616. The third kappa shape index (κ3) is 4.01. The van der Waals surface area contributed by atoms with E-state index in [2.05, 4.69) is 32.7 Å². The molecule has 0 radical (unpaired) electrons. The van der Waals surface area contributed by atoms with Crippen LogP contribution in [0.15, 0.2) is 24.3 Å². The third-order valence-electron chi connectivity index (χ3n) is 4.81. The van der Waals surface area contributed by atoms with Gasteiger partial charge < -0.3 is 9.31 Å². The zero-order chi connectivity index (χ0) is 18.5. The number of benzene rings is 1. The predicted molar refractivity (Wildman–Crippen MR) is 93.7 cm³/mol. The number of para-hydroxylation sites is 1. The molecular weight excluding hydrogens is 350 g/mol. The Kier molecular flexibility index (Phi) is 4.67. The lowest BCUT2D eigenvalue weighted by Crippen LogP contribution is -2.41. The van der Waals surface area contributed by atoms with Gasteiger partial charge in [-0.2, -0.15) is 13.2 Å². The maximum absolute atomic E-state index is 12.2. The standard InChI is InChI=1S/C9H17BO2.C8H4F3NS/c1-8(2)9(3,4)12-10(11-8)7-5-6-7;9-8(10,11)7-12-5-3-1-2-4-6(5)13-7/h7H,5-6H2,1-4H3;1-4H.